The second-order valence-corrected chi connectivity index (χ2v) is 3.17. The molecular weight excluding hydrogens is 202 g/mol. The van der Waals surface area contributed by atoms with Crippen molar-refractivity contribution in [3.8, 4) is 0 Å². The van der Waals surface area contributed by atoms with E-state index in [1.807, 2.05) is 32.0 Å². The first-order valence-electron chi connectivity index (χ1n) is 4.02. The predicted octanol–water partition coefficient (Wildman–Crippen LogP) is -0.442. The largest absolute Gasteiger partial charge is 0.490 e. The fourth-order valence-corrected chi connectivity index (χ4v) is 1.07. The molecule has 0 amide bonds. The summed E-state index contributed by atoms with van der Waals surface area (Å²) in [5, 5.41) is 17.9. The maximum Gasteiger partial charge on any atom is 0.490 e. The highest BCUT2D eigenvalue weighted by atomic mass is 35.5. The molecule has 0 bridgehead atoms. The molecule has 2 N–H and O–H groups in total. The molecule has 14 heavy (non-hydrogen) atoms. The second-order valence-electron chi connectivity index (χ2n) is 3.17. The molecule has 1 heterocycles. The molecule has 0 aliphatic heterocycles. The third-order valence-electron chi connectivity index (χ3n) is 1.87. The van der Waals surface area contributed by atoms with E-state index in [-0.39, 0.29) is 12.4 Å². The van der Waals surface area contributed by atoms with Crippen LogP contribution in [0.5, 0.6) is 0 Å². The molecule has 0 spiro atoms. The molecular formula is C8H14BClN2O2. The average Bonchev–Trinajstić information content (AvgIpc) is 2.03. The van der Waals surface area contributed by atoms with Crippen LogP contribution in [0, 0.1) is 6.92 Å². The Bertz CT molecular complexity index is 307. The molecule has 1 aromatic rings. The van der Waals surface area contributed by atoms with Gasteiger partial charge in [-0.3, -0.25) is 0 Å². The highest BCUT2D eigenvalue weighted by Crippen LogP contribution is 2.06. The van der Waals surface area contributed by atoms with Crippen LogP contribution in [-0.4, -0.2) is 36.2 Å². The molecule has 0 atom stereocenters. The highest BCUT2D eigenvalue weighted by Gasteiger charge is 2.14. The number of pyridine rings is 1. The van der Waals surface area contributed by atoms with E-state index in [1.54, 1.807) is 0 Å². The van der Waals surface area contributed by atoms with Gasteiger partial charge in [-0.25, -0.2) is 4.98 Å². The Morgan fingerprint density at radius 3 is 2.29 bits per heavy atom. The van der Waals surface area contributed by atoms with E-state index < -0.39 is 7.12 Å². The third kappa shape index (κ3) is 2.87. The Morgan fingerprint density at radius 1 is 1.36 bits per heavy atom. The van der Waals surface area contributed by atoms with Gasteiger partial charge in [-0.2, -0.15) is 0 Å². The number of hydrogen-bond donors (Lipinski definition) is 2. The standard InChI is InChI=1S/C8H13BN2O2.ClH/c1-6-4-8(11(2)3)10-5-7(6)9(12)13;/h4-5,12-13H,1-3H3;1H. The summed E-state index contributed by atoms with van der Waals surface area (Å²) in [6.07, 6.45) is 1.48. The van der Waals surface area contributed by atoms with Gasteiger partial charge in [-0.1, -0.05) is 0 Å². The average molecular weight is 216 g/mol. The molecule has 78 valence electrons. The van der Waals surface area contributed by atoms with Crippen molar-refractivity contribution >= 4 is 30.8 Å². The molecule has 6 heteroatoms. The second kappa shape index (κ2) is 5.19. The number of anilines is 1. The molecule has 0 fully saturated rings. The first-order valence-corrected chi connectivity index (χ1v) is 4.02. The zero-order valence-corrected chi connectivity index (χ0v) is 9.25. The number of aryl methyl sites for hydroxylation is 1. The van der Waals surface area contributed by atoms with Crippen molar-refractivity contribution in [1.82, 2.24) is 4.98 Å². The van der Waals surface area contributed by atoms with Gasteiger partial charge in [-0.05, 0) is 18.6 Å². The highest BCUT2D eigenvalue weighted by molar-refractivity contribution is 6.59. The lowest BCUT2D eigenvalue weighted by Gasteiger charge is -2.13. The van der Waals surface area contributed by atoms with Crippen LogP contribution >= 0.6 is 12.4 Å². The molecule has 1 rings (SSSR count). The van der Waals surface area contributed by atoms with Gasteiger partial charge in [0.1, 0.15) is 5.82 Å². The molecule has 0 aromatic carbocycles. The van der Waals surface area contributed by atoms with Crippen LogP contribution in [0.4, 0.5) is 5.82 Å². The maximum absolute atomic E-state index is 8.94. The molecule has 0 radical (unpaired) electrons. The summed E-state index contributed by atoms with van der Waals surface area (Å²) in [6, 6.07) is 1.81. The maximum atomic E-state index is 8.94. The summed E-state index contributed by atoms with van der Waals surface area (Å²) in [7, 11) is 2.33. The Labute approximate surface area is 90.1 Å². The lowest BCUT2D eigenvalue weighted by atomic mass is 9.79. The van der Waals surface area contributed by atoms with Crippen LogP contribution in [0.2, 0.25) is 0 Å². The van der Waals surface area contributed by atoms with Gasteiger partial charge in [0.25, 0.3) is 0 Å². The summed E-state index contributed by atoms with van der Waals surface area (Å²) in [5.41, 5.74) is 1.28. The quantitative estimate of drug-likeness (QED) is 0.658. The van der Waals surface area contributed by atoms with Crippen LogP contribution in [0.15, 0.2) is 12.3 Å². The molecule has 4 nitrogen and oxygen atoms in total. The molecule has 0 unspecified atom stereocenters. The predicted molar refractivity (Wildman–Crippen MR) is 60.4 cm³/mol. The van der Waals surface area contributed by atoms with Crippen LogP contribution in [0.1, 0.15) is 5.56 Å². The van der Waals surface area contributed by atoms with Crippen molar-refractivity contribution in [3.05, 3.63) is 17.8 Å². The smallest absolute Gasteiger partial charge is 0.423 e. The van der Waals surface area contributed by atoms with Crippen LogP contribution < -0.4 is 10.4 Å². The van der Waals surface area contributed by atoms with Crippen molar-refractivity contribution in [2.75, 3.05) is 19.0 Å². The van der Waals surface area contributed by atoms with E-state index in [0.717, 1.165) is 11.4 Å². The van der Waals surface area contributed by atoms with E-state index >= 15 is 0 Å². The fraction of sp³-hybridized carbons (Fsp3) is 0.375. The number of nitrogens with zero attached hydrogens (tertiary/aromatic N) is 2. The number of halogens is 1. The lowest BCUT2D eigenvalue weighted by Crippen LogP contribution is -2.33. The zero-order chi connectivity index (χ0) is 10.0. The van der Waals surface area contributed by atoms with E-state index in [0.29, 0.717) is 5.46 Å². The Balaban J connectivity index is 0.00000169. The van der Waals surface area contributed by atoms with Crippen LogP contribution in [0.3, 0.4) is 0 Å². The minimum Gasteiger partial charge on any atom is -0.423 e. The summed E-state index contributed by atoms with van der Waals surface area (Å²) in [6.45, 7) is 1.82. The topological polar surface area (TPSA) is 56.6 Å². The van der Waals surface area contributed by atoms with Crippen molar-refractivity contribution in [1.29, 1.82) is 0 Å². The normalized spacial score (nSPS) is 9.21. The summed E-state index contributed by atoms with van der Waals surface area (Å²) in [5.74, 6) is 0.807. The van der Waals surface area contributed by atoms with Gasteiger partial charge in [0.05, 0.1) is 0 Å². The van der Waals surface area contributed by atoms with E-state index in [4.69, 9.17) is 10.0 Å². The van der Waals surface area contributed by atoms with E-state index in [9.17, 15) is 0 Å². The van der Waals surface area contributed by atoms with Crippen LogP contribution in [-0.2, 0) is 0 Å². The third-order valence-corrected chi connectivity index (χ3v) is 1.87. The van der Waals surface area contributed by atoms with Gasteiger partial charge >= 0.3 is 7.12 Å². The SMILES string of the molecule is Cc1cc(N(C)C)ncc1B(O)O.Cl. The lowest BCUT2D eigenvalue weighted by molar-refractivity contribution is 0.425. The van der Waals surface area contributed by atoms with Gasteiger partial charge in [0.2, 0.25) is 0 Å². The molecule has 0 saturated carbocycles. The summed E-state index contributed by atoms with van der Waals surface area (Å²) in [4.78, 5) is 5.93. The van der Waals surface area contributed by atoms with Gasteiger partial charge in [0, 0.05) is 25.8 Å². The Morgan fingerprint density at radius 2 is 1.93 bits per heavy atom. The fourth-order valence-electron chi connectivity index (χ4n) is 1.07. The van der Waals surface area contributed by atoms with E-state index in [1.165, 1.54) is 6.20 Å². The first kappa shape index (κ1) is 13.2. The van der Waals surface area contributed by atoms with Crippen LogP contribution in [0.25, 0.3) is 0 Å². The minimum absolute atomic E-state index is 0. The number of aromatic nitrogens is 1. The molecule has 1 aromatic heterocycles. The van der Waals surface area contributed by atoms with Gasteiger partial charge in [-0.15, -0.1) is 12.4 Å². The van der Waals surface area contributed by atoms with Gasteiger partial charge in [0.15, 0.2) is 0 Å². The Hall–Kier alpha value is -0.775. The molecule has 0 saturated heterocycles. The summed E-state index contributed by atoms with van der Waals surface area (Å²) >= 11 is 0. The summed E-state index contributed by atoms with van der Waals surface area (Å²) < 4.78 is 0. The zero-order valence-electron chi connectivity index (χ0n) is 8.43. The van der Waals surface area contributed by atoms with Gasteiger partial charge < -0.3 is 14.9 Å². The monoisotopic (exact) mass is 216 g/mol. The van der Waals surface area contributed by atoms with Crippen molar-refractivity contribution in [2.24, 2.45) is 0 Å². The first-order chi connectivity index (χ1) is 6.02. The van der Waals surface area contributed by atoms with Crippen molar-refractivity contribution < 1.29 is 10.0 Å². The van der Waals surface area contributed by atoms with E-state index in [2.05, 4.69) is 4.98 Å². The Kier molecular flexibility index (Phi) is 4.90. The minimum atomic E-state index is -1.44. The molecule has 0 aliphatic carbocycles. The number of rotatable bonds is 2. The molecule has 0 aliphatic rings. The van der Waals surface area contributed by atoms with Crippen molar-refractivity contribution in [2.45, 2.75) is 6.92 Å². The van der Waals surface area contributed by atoms with Crippen molar-refractivity contribution in [3.63, 3.8) is 0 Å². The number of hydrogen-bond acceptors (Lipinski definition) is 4.